The highest BCUT2D eigenvalue weighted by Gasteiger charge is 2.28. The van der Waals surface area contributed by atoms with Gasteiger partial charge < -0.3 is 19.5 Å². The molecule has 1 aromatic rings. The molecular formula is C14H16FNO4. The fourth-order valence-electron chi connectivity index (χ4n) is 2.14. The third-order valence-corrected chi connectivity index (χ3v) is 3.10. The van der Waals surface area contributed by atoms with Crippen LogP contribution in [-0.2, 0) is 4.79 Å². The van der Waals surface area contributed by atoms with Gasteiger partial charge in [-0.3, -0.25) is 4.79 Å². The SMILES string of the molecule is C=C(F)C(=O)NC1CCOc2cc(OC)cc(OC)c21. The van der Waals surface area contributed by atoms with Crippen molar-refractivity contribution in [3.8, 4) is 17.2 Å². The van der Waals surface area contributed by atoms with Crippen molar-refractivity contribution in [1.82, 2.24) is 5.32 Å². The molecule has 6 heteroatoms. The van der Waals surface area contributed by atoms with Gasteiger partial charge in [-0.15, -0.1) is 0 Å². The van der Waals surface area contributed by atoms with Gasteiger partial charge in [0.25, 0.3) is 5.91 Å². The molecule has 0 spiro atoms. The minimum atomic E-state index is -1.02. The summed E-state index contributed by atoms with van der Waals surface area (Å²) in [5.74, 6) is -0.190. The van der Waals surface area contributed by atoms with E-state index in [2.05, 4.69) is 11.9 Å². The number of rotatable bonds is 4. The second-order valence-corrected chi connectivity index (χ2v) is 4.31. The van der Waals surface area contributed by atoms with E-state index in [0.717, 1.165) is 0 Å². The van der Waals surface area contributed by atoms with Crippen LogP contribution in [-0.4, -0.2) is 26.7 Å². The van der Waals surface area contributed by atoms with Gasteiger partial charge in [0.1, 0.15) is 17.2 Å². The quantitative estimate of drug-likeness (QED) is 0.859. The Morgan fingerprint density at radius 2 is 2.20 bits per heavy atom. The Morgan fingerprint density at radius 1 is 1.45 bits per heavy atom. The molecule has 1 amide bonds. The molecule has 0 saturated carbocycles. The molecule has 1 unspecified atom stereocenters. The third kappa shape index (κ3) is 2.68. The lowest BCUT2D eigenvalue weighted by molar-refractivity contribution is -0.119. The Kier molecular flexibility index (Phi) is 4.12. The largest absolute Gasteiger partial charge is 0.496 e. The lowest BCUT2D eigenvalue weighted by Crippen LogP contribution is -2.32. The number of nitrogens with one attached hydrogen (secondary N) is 1. The number of hydrogen-bond acceptors (Lipinski definition) is 4. The van der Waals surface area contributed by atoms with Crippen LogP contribution in [0.15, 0.2) is 24.5 Å². The van der Waals surface area contributed by atoms with Crippen molar-refractivity contribution >= 4 is 5.91 Å². The highest BCUT2D eigenvalue weighted by atomic mass is 19.1. The average molecular weight is 281 g/mol. The maximum Gasteiger partial charge on any atom is 0.279 e. The number of halogens is 1. The molecule has 0 bridgehead atoms. The van der Waals surface area contributed by atoms with Crippen LogP contribution in [0.2, 0.25) is 0 Å². The van der Waals surface area contributed by atoms with Crippen molar-refractivity contribution in [1.29, 1.82) is 0 Å². The zero-order valence-corrected chi connectivity index (χ0v) is 11.4. The van der Waals surface area contributed by atoms with Crippen molar-refractivity contribution in [3.63, 3.8) is 0 Å². The number of carbonyl (C=O) groups excluding carboxylic acids is 1. The maximum absolute atomic E-state index is 12.8. The molecule has 2 rings (SSSR count). The fraction of sp³-hybridized carbons (Fsp3) is 0.357. The second-order valence-electron chi connectivity index (χ2n) is 4.31. The summed E-state index contributed by atoms with van der Waals surface area (Å²) in [4.78, 5) is 11.5. The number of methoxy groups -OCH3 is 2. The van der Waals surface area contributed by atoms with Crippen LogP contribution in [0, 0.1) is 0 Å². The number of amides is 1. The molecule has 0 aliphatic carbocycles. The van der Waals surface area contributed by atoms with Crippen molar-refractivity contribution in [2.45, 2.75) is 12.5 Å². The molecule has 0 saturated heterocycles. The number of carbonyl (C=O) groups is 1. The summed E-state index contributed by atoms with van der Waals surface area (Å²) >= 11 is 0. The van der Waals surface area contributed by atoms with Crippen LogP contribution in [0.1, 0.15) is 18.0 Å². The normalized spacial score (nSPS) is 16.6. The van der Waals surface area contributed by atoms with E-state index in [-0.39, 0.29) is 6.04 Å². The first-order chi connectivity index (χ1) is 9.56. The van der Waals surface area contributed by atoms with E-state index in [1.165, 1.54) is 14.2 Å². The first-order valence-electron chi connectivity index (χ1n) is 6.10. The third-order valence-electron chi connectivity index (χ3n) is 3.10. The van der Waals surface area contributed by atoms with Crippen LogP contribution in [0.25, 0.3) is 0 Å². The van der Waals surface area contributed by atoms with Gasteiger partial charge in [-0.1, -0.05) is 6.58 Å². The summed E-state index contributed by atoms with van der Waals surface area (Å²) in [6, 6.07) is 3.01. The van der Waals surface area contributed by atoms with E-state index >= 15 is 0 Å². The van der Waals surface area contributed by atoms with Gasteiger partial charge >= 0.3 is 0 Å². The molecule has 1 N–H and O–H groups in total. The predicted molar refractivity (Wildman–Crippen MR) is 70.8 cm³/mol. The van der Waals surface area contributed by atoms with Crippen LogP contribution < -0.4 is 19.5 Å². The predicted octanol–water partition coefficient (Wildman–Crippen LogP) is 2.13. The molecule has 1 aliphatic heterocycles. The van der Waals surface area contributed by atoms with Gasteiger partial charge in [-0.25, -0.2) is 4.39 Å². The van der Waals surface area contributed by atoms with E-state index in [1.807, 2.05) is 0 Å². The molecule has 1 aromatic carbocycles. The lowest BCUT2D eigenvalue weighted by atomic mass is 9.99. The smallest absolute Gasteiger partial charge is 0.279 e. The molecule has 108 valence electrons. The van der Waals surface area contributed by atoms with Gasteiger partial charge in [0.15, 0.2) is 5.83 Å². The Bertz CT molecular complexity index is 527. The summed E-state index contributed by atoms with van der Waals surface area (Å²) in [6.45, 7) is 3.40. The second kappa shape index (κ2) is 5.81. The van der Waals surface area contributed by atoms with Crippen LogP contribution in [0.4, 0.5) is 4.39 Å². The van der Waals surface area contributed by atoms with Gasteiger partial charge in [0.2, 0.25) is 0 Å². The molecule has 1 aliphatic rings. The lowest BCUT2D eigenvalue weighted by Gasteiger charge is -2.28. The van der Waals surface area contributed by atoms with Gasteiger partial charge in [-0.05, 0) is 0 Å². The minimum absolute atomic E-state index is 0.389. The minimum Gasteiger partial charge on any atom is -0.496 e. The first kappa shape index (κ1) is 14.2. The standard InChI is InChI=1S/C14H16FNO4/c1-8(15)14(17)16-10-4-5-20-12-7-9(18-2)6-11(19-3)13(10)12/h6-7,10H,1,4-5H2,2-3H3,(H,16,17). The molecule has 0 aromatic heterocycles. The van der Waals surface area contributed by atoms with Crippen LogP contribution in [0.5, 0.6) is 17.2 Å². The fourth-order valence-corrected chi connectivity index (χ4v) is 2.14. The summed E-state index contributed by atoms with van der Waals surface area (Å²) in [6.07, 6.45) is 0.523. The molecule has 5 nitrogen and oxygen atoms in total. The van der Waals surface area contributed by atoms with E-state index in [1.54, 1.807) is 12.1 Å². The summed E-state index contributed by atoms with van der Waals surface area (Å²) in [7, 11) is 3.05. The highest BCUT2D eigenvalue weighted by Crippen LogP contribution is 2.42. The molecule has 20 heavy (non-hydrogen) atoms. The topological polar surface area (TPSA) is 56.8 Å². The zero-order chi connectivity index (χ0) is 14.7. The molecule has 1 atom stereocenters. The Morgan fingerprint density at radius 3 is 2.80 bits per heavy atom. The van der Waals surface area contributed by atoms with Crippen molar-refractivity contribution < 1.29 is 23.4 Å². The van der Waals surface area contributed by atoms with Crippen LogP contribution >= 0.6 is 0 Å². The molecular weight excluding hydrogens is 265 g/mol. The summed E-state index contributed by atoms with van der Waals surface area (Å²) in [5, 5.41) is 2.57. The van der Waals surface area contributed by atoms with Crippen molar-refractivity contribution in [3.05, 3.63) is 30.1 Å². The molecule has 0 radical (unpaired) electrons. The van der Waals surface area contributed by atoms with E-state index in [0.29, 0.717) is 35.8 Å². The van der Waals surface area contributed by atoms with Gasteiger partial charge in [0.05, 0.1) is 32.4 Å². The Labute approximate surface area is 116 Å². The summed E-state index contributed by atoms with van der Waals surface area (Å²) in [5.41, 5.74) is 0.675. The van der Waals surface area contributed by atoms with E-state index in [9.17, 15) is 9.18 Å². The summed E-state index contributed by atoms with van der Waals surface area (Å²) < 4.78 is 28.8. The van der Waals surface area contributed by atoms with Crippen molar-refractivity contribution in [2.75, 3.05) is 20.8 Å². The van der Waals surface area contributed by atoms with Gasteiger partial charge in [-0.2, -0.15) is 0 Å². The number of benzene rings is 1. The van der Waals surface area contributed by atoms with E-state index in [4.69, 9.17) is 14.2 Å². The number of fused-ring (bicyclic) bond motifs is 1. The molecule has 1 heterocycles. The van der Waals surface area contributed by atoms with Crippen LogP contribution in [0.3, 0.4) is 0 Å². The highest BCUT2D eigenvalue weighted by molar-refractivity contribution is 5.90. The maximum atomic E-state index is 12.8. The van der Waals surface area contributed by atoms with E-state index < -0.39 is 11.7 Å². The monoisotopic (exact) mass is 281 g/mol. The molecule has 0 fully saturated rings. The first-order valence-corrected chi connectivity index (χ1v) is 6.10. The Balaban J connectivity index is 2.38. The number of ether oxygens (including phenoxy) is 3. The van der Waals surface area contributed by atoms with Crippen molar-refractivity contribution in [2.24, 2.45) is 0 Å². The zero-order valence-electron chi connectivity index (χ0n) is 11.4. The Hall–Kier alpha value is -2.24. The van der Waals surface area contributed by atoms with Gasteiger partial charge in [0, 0.05) is 18.6 Å². The number of hydrogen-bond donors (Lipinski definition) is 1. The average Bonchev–Trinajstić information content (AvgIpc) is 2.45.